The summed E-state index contributed by atoms with van der Waals surface area (Å²) in [6, 6.07) is 16.8. The molecule has 0 aliphatic heterocycles. The number of benzene rings is 2. The molecule has 0 amide bonds. The van der Waals surface area contributed by atoms with E-state index in [9.17, 15) is 4.79 Å². The highest BCUT2D eigenvalue weighted by Crippen LogP contribution is 2.32. The predicted octanol–water partition coefficient (Wildman–Crippen LogP) is 7.30. The van der Waals surface area contributed by atoms with Gasteiger partial charge >= 0.3 is 5.97 Å². The van der Waals surface area contributed by atoms with Crippen molar-refractivity contribution in [1.82, 2.24) is 20.2 Å². The third kappa shape index (κ3) is 9.37. The lowest BCUT2D eigenvalue weighted by Gasteiger charge is -2.28. The fraction of sp³-hybridized carbons (Fsp3) is 0.533. The van der Waals surface area contributed by atoms with E-state index >= 15 is 0 Å². The van der Waals surface area contributed by atoms with Gasteiger partial charge in [-0.1, -0.05) is 85.4 Å². The monoisotopic (exact) mass is 568 g/mol. The van der Waals surface area contributed by atoms with E-state index in [1.807, 2.05) is 32.9 Å². The minimum atomic E-state index is -0.558. The van der Waals surface area contributed by atoms with Crippen LogP contribution in [0, 0.1) is 5.92 Å². The normalized spacial score (nSPS) is 13.4. The second-order valence-electron chi connectivity index (χ2n) is 10.8. The molecule has 1 aromatic heterocycles. The number of nitrogens with zero attached hydrogens (tertiary/aromatic N) is 4. The fourth-order valence-electron chi connectivity index (χ4n) is 4.53. The molecule has 0 saturated heterocycles. The first-order chi connectivity index (χ1) is 17.7. The van der Waals surface area contributed by atoms with Crippen LogP contribution in [0.4, 0.5) is 0 Å². The van der Waals surface area contributed by atoms with Crippen LogP contribution in [0.1, 0.15) is 95.2 Å². The fourth-order valence-corrected chi connectivity index (χ4v) is 4.97. The van der Waals surface area contributed by atoms with Gasteiger partial charge in [0.1, 0.15) is 5.60 Å². The van der Waals surface area contributed by atoms with Crippen LogP contribution in [0.25, 0.3) is 0 Å². The van der Waals surface area contributed by atoms with Crippen molar-refractivity contribution in [3.63, 3.8) is 0 Å². The van der Waals surface area contributed by atoms with Gasteiger partial charge in [-0.3, -0.25) is 4.79 Å². The molecule has 0 radical (unpaired) electrons. The summed E-state index contributed by atoms with van der Waals surface area (Å²) in [5.74, 6) is -0.216. The molecule has 37 heavy (non-hydrogen) atoms. The molecule has 6 nitrogen and oxygen atoms in total. The van der Waals surface area contributed by atoms with Crippen LogP contribution in [-0.4, -0.2) is 31.8 Å². The zero-order chi connectivity index (χ0) is 26.8. The summed E-state index contributed by atoms with van der Waals surface area (Å²) in [5, 5.41) is 13.6. The van der Waals surface area contributed by atoms with Crippen LogP contribution in [-0.2, 0) is 28.9 Å². The van der Waals surface area contributed by atoms with Gasteiger partial charge in [-0.2, -0.15) is 4.80 Å². The summed E-state index contributed by atoms with van der Waals surface area (Å²) in [5.41, 5.74) is 3.04. The number of halogens is 1. The molecule has 0 bridgehead atoms. The highest BCUT2D eigenvalue weighted by Gasteiger charge is 2.35. The molecular weight excluding hydrogens is 528 g/mol. The Hall–Kier alpha value is -2.54. The van der Waals surface area contributed by atoms with Crippen molar-refractivity contribution in [1.29, 1.82) is 0 Å². The number of ether oxygens (including phenoxy) is 1. The first-order valence-electron chi connectivity index (χ1n) is 13.5. The minimum absolute atomic E-state index is 0.204. The molecule has 0 fully saturated rings. The van der Waals surface area contributed by atoms with E-state index in [0.29, 0.717) is 25.2 Å². The lowest BCUT2D eigenvalue weighted by atomic mass is 9.83. The Morgan fingerprint density at radius 2 is 1.73 bits per heavy atom. The van der Waals surface area contributed by atoms with Gasteiger partial charge in [-0.25, -0.2) is 0 Å². The molecule has 0 aliphatic carbocycles. The van der Waals surface area contributed by atoms with Gasteiger partial charge < -0.3 is 4.74 Å². The number of tetrazole rings is 1. The van der Waals surface area contributed by atoms with E-state index in [0.717, 1.165) is 28.4 Å². The maximum absolute atomic E-state index is 13.3. The summed E-state index contributed by atoms with van der Waals surface area (Å²) in [6.45, 7) is 10.6. The molecule has 3 aromatic rings. The van der Waals surface area contributed by atoms with Gasteiger partial charge in [0.15, 0.2) is 5.82 Å². The van der Waals surface area contributed by atoms with Crippen molar-refractivity contribution in [2.24, 2.45) is 5.92 Å². The average molecular weight is 570 g/mol. The Labute approximate surface area is 230 Å². The third-order valence-corrected chi connectivity index (χ3v) is 6.85. The minimum Gasteiger partial charge on any atom is -0.460 e. The number of hydrogen-bond acceptors (Lipinski definition) is 5. The summed E-state index contributed by atoms with van der Waals surface area (Å²) in [6.07, 6.45) is 7.01. The lowest BCUT2D eigenvalue weighted by Crippen LogP contribution is -2.33. The summed E-state index contributed by atoms with van der Waals surface area (Å²) in [4.78, 5) is 15.0. The molecule has 0 spiro atoms. The topological polar surface area (TPSA) is 69.9 Å². The van der Waals surface area contributed by atoms with Crippen LogP contribution in [0.15, 0.2) is 53.0 Å². The summed E-state index contributed by atoms with van der Waals surface area (Å²) < 4.78 is 6.84. The number of hydrogen-bond donors (Lipinski definition) is 0. The molecule has 0 N–H and O–H groups in total. The molecule has 0 unspecified atom stereocenters. The van der Waals surface area contributed by atoms with E-state index < -0.39 is 5.60 Å². The molecule has 200 valence electrons. The highest BCUT2D eigenvalue weighted by molar-refractivity contribution is 9.10. The maximum atomic E-state index is 13.3. The standard InChI is InChI=1S/C30H41BrN4O2/c1-6-8-9-12-22-15-17-23(18-16-22)21-35-33-28(32-34-35)27(20-24-13-10-14-25(31)19-24)26(11-7-2)29(36)37-30(3,4)5/h10,13-19,26-27H,6-9,11-12,20-21H2,1-5H3/t26-,27-/m0/s1. The van der Waals surface area contributed by atoms with Crippen LogP contribution in [0.5, 0.6) is 0 Å². The second kappa shape index (κ2) is 13.8. The van der Waals surface area contributed by atoms with Crippen LogP contribution >= 0.6 is 15.9 Å². The van der Waals surface area contributed by atoms with E-state index in [2.05, 4.69) is 76.5 Å². The molecular formula is C30H41BrN4O2. The Morgan fingerprint density at radius 3 is 2.38 bits per heavy atom. The summed E-state index contributed by atoms with van der Waals surface area (Å²) in [7, 11) is 0. The van der Waals surface area contributed by atoms with Crippen molar-refractivity contribution in [2.45, 2.75) is 97.6 Å². The average Bonchev–Trinajstić information content (AvgIpc) is 3.30. The molecule has 2 atom stereocenters. The molecule has 3 rings (SSSR count). The van der Waals surface area contributed by atoms with Crippen LogP contribution in [0.2, 0.25) is 0 Å². The summed E-state index contributed by atoms with van der Waals surface area (Å²) >= 11 is 3.57. The SMILES string of the molecule is CCCCCc1ccc(Cn2nnc([C@@H](Cc3cccc(Br)c3)[C@H](CCC)C(=O)OC(C)(C)C)n2)cc1. The predicted molar refractivity (Wildman–Crippen MR) is 151 cm³/mol. The number of unbranched alkanes of at least 4 members (excludes halogenated alkanes) is 2. The Kier molecular flexibility index (Phi) is 10.9. The van der Waals surface area contributed by atoms with Crippen LogP contribution in [0.3, 0.4) is 0 Å². The van der Waals surface area contributed by atoms with Gasteiger partial charge in [0.25, 0.3) is 0 Å². The third-order valence-electron chi connectivity index (χ3n) is 6.36. The van der Waals surface area contributed by atoms with Gasteiger partial charge in [0.05, 0.1) is 12.5 Å². The zero-order valence-electron chi connectivity index (χ0n) is 22.9. The quantitative estimate of drug-likeness (QED) is 0.160. The lowest BCUT2D eigenvalue weighted by molar-refractivity contribution is -0.161. The second-order valence-corrected chi connectivity index (χ2v) is 11.7. The Balaban J connectivity index is 1.83. The number of carbonyl (C=O) groups is 1. The number of rotatable bonds is 13. The van der Waals surface area contributed by atoms with E-state index in [1.165, 1.54) is 24.8 Å². The van der Waals surface area contributed by atoms with E-state index in [4.69, 9.17) is 9.84 Å². The first kappa shape index (κ1) is 29.0. The van der Waals surface area contributed by atoms with Gasteiger partial charge in [0.2, 0.25) is 0 Å². The number of aromatic nitrogens is 4. The number of carbonyl (C=O) groups excluding carboxylic acids is 1. The molecule has 2 aromatic carbocycles. The van der Waals surface area contributed by atoms with Crippen molar-refractivity contribution in [3.05, 3.63) is 75.5 Å². The van der Waals surface area contributed by atoms with Crippen molar-refractivity contribution in [3.8, 4) is 0 Å². The molecule has 0 saturated carbocycles. The van der Waals surface area contributed by atoms with Crippen molar-refractivity contribution >= 4 is 21.9 Å². The zero-order valence-corrected chi connectivity index (χ0v) is 24.5. The van der Waals surface area contributed by atoms with Crippen LogP contribution < -0.4 is 0 Å². The highest BCUT2D eigenvalue weighted by atomic mass is 79.9. The maximum Gasteiger partial charge on any atom is 0.310 e. The molecule has 1 heterocycles. The smallest absolute Gasteiger partial charge is 0.310 e. The van der Waals surface area contributed by atoms with Gasteiger partial charge in [-0.15, -0.1) is 10.2 Å². The van der Waals surface area contributed by atoms with Crippen molar-refractivity contribution < 1.29 is 9.53 Å². The van der Waals surface area contributed by atoms with E-state index in [1.54, 1.807) is 4.80 Å². The number of aryl methyl sites for hydroxylation is 1. The van der Waals surface area contributed by atoms with E-state index in [-0.39, 0.29) is 17.8 Å². The Bertz CT molecular complexity index is 1120. The molecule has 0 aliphatic rings. The Morgan fingerprint density at radius 1 is 1.00 bits per heavy atom. The van der Waals surface area contributed by atoms with Gasteiger partial charge in [0, 0.05) is 10.4 Å². The molecule has 7 heteroatoms. The van der Waals surface area contributed by atoms with Crippen molar-refractivity contribution in [2.75, 3.05) is 0 Å². The number of esters is 1. The largest absolute Gasteiger partial charge is 0.460 e. The van der Waals surface area contributed by atoms with Gasteiger partial charge in [-0.05, 0) is 80.5 Å². The first-order valence-corrected chi connectivity index (χ1v) is 14.3.